The molecule has 0 aliphatic heterocycles. The number of nitrogens with one attached hydrogen (secondary N) is 1. The van der Waals surface area contributed by atoms with Crippen LogP contribution in [0, 0.1) is 0 Å². The zero-order valence-corrected chi connectivity index (χ0v) is 24.2. The van der Waals surface area contributed by atoms with Crippen molar-refractivity contribution >= 4 is 12.1 Å². The molecule has 0 fully saturated rings. The van der Waals surface area contributed by atoms with Crippen LogP contribution in [0.25, 0.3) is 11.1 Å². The number of ether oxygens (including phenoxy) is 3. The van der Waals surface area contributed by atoms with Crippen LogP contribution in [0.1, 0.15) is 33.7 Å². The van der Waals surface area contributed by atoms with Gasteiger partial charge in [0.1, 0.15) is 31.6 Å². The van der Waals surface area contributed by atoms with Gasteiger partial charge in [-0.2, -0.15) is 0 Å². The molecule has 5 aromatic carbocycles. The Hall–Kier alpha value is -5.36. The highest BCUT2D eigenvalue weighted by molar-refractivity contribution is 5.82. The monoisotopic (exact) mass is 583 g/mol. The van der Waals surface area contributed by atoms with Crippen molar-refractivity contribution < 1.29 is 23.8 Å². The van der Waals surface area contributed by atoms with Gasteiger partial charge in [0.15, 0.2) is 0 Å². The Morgan fingerprint density at radius 2 is 1.14 bits per heavy atom. The molecular weight excluding hydrogens is 550 g/mol. The van der Waals surface area contributed by atoms with Crippen molar-refractivity contribution in [3.8, 4) is 16.9 Å². The Morgan fingerprint density at radius 1 is 0.591 bits per heavy atom. The first-order valence-electron chi connectivity index (χ1n) is 14.7. The van der Waals surface area contributed by atoms with Gasteiger partial charge in [-0.15, -0.1) is 0 Å². The number of rotatable bonds is 11. The van der Waals surface area contributed by atoms with Crippen molar-refractivity contribution in [2.75, 3.05) is 6.61 Å². The summed E-state index contributed by atoms with van der Waals surface area (Å²) in [5, 5.41) is 2.76. The molecule has 5 aromatic rings. The number of hydrogen-bond donors (Lipinski definition) is 1. The van der Waals surface area contributed by atoms with Gasteiger partial charge >= 0.3 is 12.1 Å². The molecule has 1 N–H and O–H groups in total. The Morgan fingerprint density at radius 3 is 1.77 bits per heavy atom. The fourth-order valence-corrected chi connectivity index (χ4v) is 5.50. The van der Waals surface area contributed by atoms with Crippen LogP contribution in [-0.2, 0) is 33.9 Å². The summed E-state index contributed by atoms with van der Waals surface area (Å²) in [6, 6.07) is 42.3. The summed E-state index contributed by atoms with van der Waals surface area (Å²) >= 11 is 0. The van der Waals surface area contributed by atoms with Gasteiger partial charge in [-0.25, -0.2) is 9.59 Å². The van der Waals surface area contributed by atoms with Crippen LogP contribution < -0.4 is 10.1 Å². The first-order valence-corrected chi connectivity index (χ1v) is 14.7. The number of amides is 1. The third-order valence-electron chi connectivity index (χ3n) is 7.76. The van der Waals surface area contributed by atoms with Crippen LogP contribution in [0.2, 0.25) is 0 Å². The molecule has 220 valence electrons. The van der Waals surface area contributed by atoms with Crippen molar-refractivity contribution in [3.05, 3.63) is 161 Å². The summed E-state index contributed by atoms with van der Waals surface area (Å²) in [5.74, 6) is 0.200. The van der Waals surface area contributed by atoms with E-state index in [2.05, 4.69) is 29.6 Å². The van der Waals surface area contributed by atoms with Gasteiger partial charge < -0.3 is 19.5 Å². The van der Waals surface area contributed by atoms with Crippen LogP contribution in [0.15, 0.2) is 133 Å². The molecule has 0 radical (unpaired) electrons. The predicted octanol–water partition coefficient (Wildman–Crippen LogP) is 7.46. The second-order valence-corrected chi connectivity index (χ2v) is 10.7. The Kier molecular flexibility index (Phi) is 8.98. The van der Waals surface area contributed by atoms with E-state index in [9.17, 15) is 9.59 Å². The largest absolute Gasteiger partial charge is 0.489 e. The lowest BCUT2D eigenvalue weighted by atomic mass is 9.98. The molecule has 0 spiro atoms. The van der Waals surface area contributed by atoms with Crippen LogP contribution in [0.5, 0.6) is 5.75 Å². The lowest BCUT2D eigenvalue weighted by molar-refractivity contribution is -0.147. The quantitative estimate of drug-likeness (QED) is 0.163. The third-order valence-corrected chi connectivity index (χ3v) is 7.76. The lowest BCUT2D eigenvalue weighted by Crippen LogP contribution is -2.43. The first kappa shape index (κ1) is 28.7. The predicted molar refractivity (Wildman–Crippen MR) is 169 cm³/mol. The molecule has 0 saturated heterocycles. The zero-order chi connectivity index (χ0) is 30.1. The molecule has 6 heteroatoms. The molecule has 0 bridgehead atoms. The number of carbonyl (C=O) groups excluding carboxylic acids is 2. The summed E-state index contributed by atoms with van der Waals surface area (Å²) in [6.07, 6.45) is -0.382. The molecule has 0 saturated carbocycles. The van der Waals surface area contributed by atoms with Gasteiger partial charge in [0.05, 0.1) is 0 Å². The molecule has 1 amide bonds. The van der Waals surface area contributed by atoms with E-state index in [1.807, 2.05) is 109 Å². The van der Waals surface area contributed by atoms with Crippen LogP contribution in [0.4, 0.5) is 4.79 Å². The maximum Gasteiger partial charge on any atom is 0.407 e. The standard InChI is InChI=1S/C38H33NO5/c40-37(43-25-29-21-19-28(20-22-29)24-42-30-13-5-2-6-14-30)36(23-27-11-3-1-4-12-27)39-38(41)44-26-35-33-17-9-7-15-31(33)32-16-8-10-18-34(32)35/h1-22,35-36H,23-26H2,(H,39,41)/t36-/m1/s1. The van der Waals surface area contributed by atoms with E-state index in [0.717, 1.165) is 44.7 Å². The topological polar surface area (TPSA) is 73.9 Å². The summed E-state index contributed by atoms with van der Waals surface area (Å²) in [4.78, 5) is 26.3. The van der Waals surface area contributed by atoms with Crippen molar-refractivity contribution in [1.29, 1.82) is 0 Å². The molecule has 1 aliphatic rings. The summed E-state index contributed by atoms with van der Waals surface area (Å²) in [6.45, 7) is 0.677. The van der Waals surface area contributed by atoms with Gasteiger partial charge in [0.25, 0.3) is 0 Å². The Balaban J connectivity index is 1.06. The van der Waals surface area contributed by atoms with E-state index in [1.54, 1.807) is 0 Å². The second-order valence-electron chi connectivity index (χ2n) is 10.7. The second kappa shape index (κ2) is 13.7. The Labute approximate surface area is 257 Å². The van der Waals surface area contributed by atoms with E-state index in [0.29, 0.717) is 6.61 Å². The van der Waals surface area contributed by atoms with Crippen molar-refractivity contribution in [1.82, 2.24) is 5.32 Å². The van der Waals surface area contributed by atoms with Crippen LogP contribution in [0.3, 0.4) is 0 Å². The molecular formula is C38H33NO5. The SMILES string of the molecule is O=C(N[C@H](Cc1ccccc1)C(=O)OCc1ccc(COc2ccccc2)cc1)OCC1c2ccccc2-c2ccccc21. The molecule has 44 heavy (non-hydrogen) atoms. The minimum Gasteiger partial charge on any atom is -0.489 e. The van der Waals surface area contributed by atoms with Gasteiger partial charge in [0, 0.05) is 12.3 Å². The molecule has 1 aliphatic carbocycles. The molecule has 0 heterocycles. The maximum atomic E-state index is 13.3. The average molecular weight is 584 g/mol. The van der Waals surface area contributed by atoms with Gasteiger partial charge in [-0.05, 0) is 51.1 Å². The summed E-state index contributed by atoms with van der Waals surface area (Å²) in [5.41, 5.74) is 7.29. The molecule has 6 rings (SSSR count). The van der Waals surface area contributed by atoms with Crippen LogP contribution in [-0.4, -0.2) is 24.7 Å². The smallest absolute Gasteiger partial charge is 0.407 e. The van der Waals surface area contributed by atoms with E-state index < -0.39 is 18.1 Å². The fraction of sp³-hybridized carbons (Fsp3) is 0.158. The van der Waals surface area contributed by atoms with Gasteiger partial charge in [-0.3, -0.25) is 0 Å². The highest BCUT2D eigenvalue weighted by atomic mass is 16.6. The number of esters is 1. The van der Waals surface area contributed by atoms with Crippen molar-refractivity contribution in [2.45, 2.75) is 31.6 Å². The average Bonchev–Trinajstić information content (AvgIpc) is 3.40. The summed E-state index contributed by atoms with van der Waals surface area (Å²) in [7, 11) is 0. The van der Waals surface area contributed by atoms with Gasteiger partial charge in [-0.1, -0.05) is 121 Å². The molecule has 0 unspecified atom stereocenters. The number of para-hydroxylation sites is 1. The maximum absolute atomic E-state index is 13.3. The Bertz CT molecular complexity index is 1660. The molecule has 0 aromatic heterocycles. The fourth-order valence-electron chi connectivity index (χ4n) is 5.50. The normalized spacial score (nSPS) is 12.5. The van der Waals surface area contributed by atoms with E-state index >= 15 is 0 Å². The van der Waals surface area contributed by atoms with Crippen molar-refractivity contribution in [2.24, 2.45) is 0 Å². The molecule has 6 nitrogen and oxygen atoms in total. The van der Waals surface area contributed by atoms with Crippen LogP contribution >= 0.6 is 0 Å². The first-order chi connectivity index (χ1) is 21.6. The highest BCUT2D eigenvalue weighted by Gasteiger charge is 2.30. The number of fused-ring (bicyclic) bond motifs is 3. The number of carbonyl (C=O) groups is 2. The van der Waals surface area contributed by atoms with E-state index in [4.69, 9.17) is 14.2 Å². The zero-order valence-electron chi connectivity index (χ0n) is 24.2. The number of benzene rings is 5. The number of alkyl carbamates (subject to hydrolysis) is 1. The van der Waals surface area contributed by atoms with Gasteiger partial charge in [0.2, 0.25) is 0 Å². The van der Waals surface area contributed by atoms with E-state index in [1.165, 1.54) is 0 Å². The minimum atomic E-state index is -0.911. The lowest BCUT2D eigenvalue weighted by Gasteiger charge is -2.19. The number of hydrogen-bond acceptors (Lipinski definition) is 5. The summed E-state index contributed by atoms with van der Waals surface area (Å²) < 4.78 is 17.2. The highest BCUT2D eigenvalue weighted by Crippen LogP contribution is 2.44. The minimum absolute atomic E-state index is 0.0752. The van der Waals surface area contributed by atoms with E-state index in [-0.39, 0.29) is 25.6 Å². The third kappa shape index (κ3) is 6.98. The van der Waals surface area contributed by atoms with Crippen molar-refractivity contribution in [3.63, 3.8) is 0 Å². The molecule has 1 atom stereocenters.